The van der Waals surface area contributed by atoms with E-state index in [0.717, 1.165) is 0 Å². The van der Waals surface area contributed by atoms with Crippen LogP contribution in [-0.4, -0.2) is 29.0 Å². The predicted molar refractivity (Wildman–Crippen MR) is 97.6 cm³/mol. The topological polar surface area (TPSA) is 86.7 Å². The molecule has 0 aromatic heterocycles. The monoisotopic (exact) mass is 398 g/mol. The SMILES string of the molecule is CCCC(OS(=O)(=O)c1ccccc1)C(C)OS(=O)(=O)c1ccccc1. The van der Waals surface area contributed by atoms with Crippen LogP contribution in [0.5, 0.6) is 0 Å². The highest BCUT2D eigenvalue weighted by Crippen LogP contribution is 2.22. The Hall–Kier alpha value is -1.74. The summed E-state index contributed by atoms with van der Waals surface area (Å²) >= 11 is 0. The maximum atomic E-state index is 12.4. The van der Waals surface area contributed by atoms with Crippen molar-refractivity contribution in [1.29, 1.82) is 0 Å². The maximum Gasteiger partial charge on any atom is 0.297 e. The van der Waals surface area contributed by atoms with E-state index in [1.807, 2.05) is 6.92 Å². The number of hydrogen-bond acceptors (Lipinski definition) is 6. The van der Waals surface area contributed by atoms with Crippen molar-refractivity contribution >= 4 is 20.2 Å². The lowest BCUT2D eigenvalue weighted by Gasteiger charge is -2.23. The minimum Gasteiger partial charge on any atom is -0.261 e. The average Bonchev–Trinajstić information content (AvgIpc) is 2.62. The highest BCUT2D eigenvalue weighted by molar-refractivity contribution is 7.87. The van der Waals surface area contributed by atoms with Crippen LogP contribution in [0.4, 0.5) is 0 Å². The zero-order valence-electron chi connectivity index (χ0n) is 14.6. The average molecular weight is 399 g/mol. The van der Waals surface area contributed by atoms with E-state index < -0.39 is 32.4 Å². The summed E-state index contributed by atoms with van der Waals surface area (Å²) in [6, 6.07) is 15.4. The van der Waals surface area contributed by atoms with Gasteiger partial charge >= 0.3 is 0 Å². The number of hydrogen-bond donors (Lipinski definition) is 0. The van der Waals surface area contributed by atoms with Gasteiger partial charge in [-0.25, -0.2) is 0 Å². The summed E-state index contributed by atoms with van der Waals surface area (Å²) in [6.07, 6.45) is -0.965. The highest BCUT2D eigenvalue weighted by Gasteiger charge is 2.30. The van der Waals surface area contributed by atoms with E-state index >= 15 is 0 Å². The fourth-order valence-corrected chi connectivity index (χ4v) is 4.66. The Labute approximate surface area is 155 Å². The molecule has 2 atom stereocenters. The van der Waals surface area contributed by atoms with Crippen molar-refractivity contribution in [1.82, 2.24) is 0 Å². The van der Waals surface area contributed by atoms with E-state index in [1.165, 1.54) is 31.2 Å². The van der Waals surface area contributed by atoms with Gasteiger partial charge < -0.3 is 0 Å². The van der Waals surface area contributed by atoms with Gasteiger partial charge in [0, 0.05) is 0 Å². The van der Waals surface area contributed by atoms with E-state index in [-0.39, 0.29) is 9.79 Å². The summed E-state index contributed by atoms with van der Waals surface area (Å²) in [5, 5.41) is 0. The Balaban J connectivity index is 2.19. The molecule has 0 fully saturated rings. The molecule has 2 aromatic carbocycles. The Kier molecular flexibility index (Phi) is 6.94. The Morgan fingerprint density at radius 1 is 0.769 bits per heavy atom. The lowest BCUT2D eigenvalue weighted by Crippen LogP contribution is -2.33. The number of rotatable bonds is 9. The van der Waals surface area contributed by atoms with Crippen molar-refractivity contribution in [2.75, 3.05) is 0 Å². The molecule has 0 heterocycles. The molecule has 0 spiro atoms. The molecule has 0 amide bonds. The molecule has 0 radical (unpaired) electrons. The zero-order chi connectivity index (χ0) is 19.2. The van der Waals surface area contributed by atoms with Crippen molar-refractivity contribution in [3.63, 3.8) is 0 Å². The largest absolute Gasteiger partial charge is 0.297 e. The lowest BCUT2D eigenvalue weighted by molar-refractivity contribution is 0.0681. The molecule has 0 saturated heterocycles. The quantitative estimate of drug-likeness (QED) is 0.602. The Morgan fingerprint density at radius 3 is 1.62 bits per heavy atom. The van der Waals surface area contributed by atoms with E-state index in [9.17, 15) is 16.8 Å². The van der Waals surface area contributed by atoms with Crippen LogP contribution in [0.3, 0.4) is 0 Å². The minimum absolute atomic E-state index is 0.00742. The third kappa shape index (κ3) is 5.38. The normalized spacial score (nSPS) is 14.7. The van der Waals surface area contributed by atoms with Gasteiger partial charge in [0.05, 0.1) is 9.79 Å². The molecule has 26 heavy (non-hydrogen) atoms. The third-order valence-corrected chi connectivity index (χ3v) is 6.45. The second-order valence-electron chi connectivity index (χ2n) is 5.76. The third-order valence-electron chi connectivity index (χ3n) is 3.69. The zero-order valence-corrected chi connectivity index (χ0v) is 16.2. The first-order valence-electron chi connectivity index (χ1n) is 8.23. The molecule has 0 N–H and O–H groups in total. The number of benzene rings is 2. The van der Waals surface area contributed by atoms with Crippen LogP contribution in [0, 0.1) is 0 Å². The van der Waals surface area contributed by atoms with Crippen molar-refractivity contribution < 1.29 is 25.2 Å². The van der Waals surface area contributed by atoms with Crippen LogP contribution in [0.25, 0.3) is 0 Å². The van der Waals surface area contributed by atoms with Gasteiger partial charge in [0.25, 0.3) is 20.2 Å². The molecule has 0 saturated carbocycles. The molecule has 142 valence electrons. The summed E-state index contributed by atoms with van der Waals surface area (Å²) in [6.45, 7) is 3.34. The first-order chi connectivity index (χ1) is 12.3. The summed E-state index contributed by atoms with van der Waals surface area (Å²) in [5.41, 5.74) is 0. The van der Waals surface area contributed by atoms with Crippen LogP contribution in [-0.2, 0) is 28.6 Å². The van der Waals surface area contributed by atoms with Gasteiger partial charge in [0.1, 0.15) is 12.2 Å². The van der Waals surface area contributed by atoms with Gasteiger partial charge in [-0.2, -0.15) is 16.8 Å². The molecule has 6 nitrogen and oxygen atoms in total. The van der Waals surface area contributed by atoms with Crippen molar-refractivity contribution in [3.05, 3.63) is 60.7 Å². The van der Waals surface area contributed by atoms with Gasteiger partial charge in [0.15, 0.2) is 0 Å². The molecular weight excluding hydrogens is 376 g/mol. The minimum atomic E-state index is -4.02. The molecule has 2 aromatic rings. The Morgan fingerprint density at radius 2 is 1.19 bits per heavy atom. The maximum absolute atomic E-state index is 12.4. The van der Waals surface area contributed by atoms with Crippen LogP contribution >= 0.6 is 0 Å². The van der Waals surface area contributed by atoms with Gasteiger partial charge in [-0.15, -0.1) is 0 Å². The molecule has 0 bridgehead atoms. The van der Waals surface area contributed by atoms with Crippen molar-refractivity contribution in [2.24, 2.45) is 0 Å². The fraction of sp³-hybridized carbons (Fsp3) is 0.333. The fourth-order valence-electron chi connectivity index (χ4n) is 2.36. The highest BCUT2D eigenvalue weighted by atomic mass is 32.2. The van der Waals surface area contributed by atoms with Crippen molar-refractivity contribution in [2.45, 2.75) is 48.7 Å². The second-order valence-corrected chi connectivity index (χ2v) is 8.90. The molecule has 2 unspecified atom stereocenters. The van der Waals surface area contributed by atoms with Crippen LogP contribution < -0.4 is 0 Å². The standard InChI is InChI=1S/C18H22O6S2/c1-3-10-18(24-26(21,22)17-13-8-5-9-14-17)15(2)23-25(19,20)16-11-6-4-7-12-16/h4-9,11-15,18H,3,10H2,1-2H3. The summed E-state index contributed by atoms with van der Waals surface area (Å²) in [7, 11) is -8.04. The molecule has 0 aliphatic rings. The van der Waals surface area contributed by atoms with E-state index in [4.69, 9.17) is 8.37 Å². The van der Waals surface area contributed by atoms with Crippen molar-refractivity contribution in [3.8, 4) is 0 Å². The first-order valence-corrected chi connectivity index (χ1v) is 11.0. The van der Waals surface area contributed by atoms with Gasteiger partial charge in [0.2, 0.25) is 0 Å². The molecular formula is C18H22O6S2. The summed E-state index contributed by atoms with van der Waals surface area (Å²) < 4.78 is 60.1. The molecule has 2 rings (SSSR count). The van der Waals surface area contributed by atoms with Crippen LogP contribution in [0.2, 0.25) is 0 Å². The smallest absolute Gasteiger partial charge is 0.261 e. The van der Waals surface area contributed by atoms with E-state index in [2.05, 4.69) is 0 Å². The summed E-state index contributed by atoms with van der Waals surface area (Å²) in [5.74, 6) is 0. The van der Waals surface area contributed by atoms with Crippen LogP contribution in [0.15, 0.2) is 70.5 Å². The van der Waals surface area contributed by atoms with E-state index in [0.29, 0.717) is 12.8 Å². The second kappa shape index (κ2) is 8.77. The molecule has 0 aliphatic carbocycles. The van der Waals surface area contributed by atoms with Gasteiger partial charge in [-0.1, -0.05) is 49.7 Å². The molecule has 0 aliphatic heterocycles. The molecule has 8 heteroatoms. The van der Waals surface area contributed by atoms with E-state index in [1.54, 1.807) is 36.4 Å². The lowest BCUT2D eigenvalue weighted by atomic mass is 10.1. The predicted octanol–water partition coefficient (Wildman–Crippen LogP) is 3.35. The van der Waals surface area contributed by atoms with Gasteiger partial charge in [-0.3, -0.25) is 8.37 Å². The summed E-state index contributed by atoms with van der Waals surface area (Å²) in [4.78, 5) is 0.0206. The van der Waals surface area contributed by atoms with Gasteiger partial charge in [-0.05, 0) is 37.6 Å². The van der Waals surface area contributed by atoms with Crippen LogP contribution in [0.1, 0.15) is 26.7 Å². The first kappa shape index (κ1) is 20.6. The Bertz CT molecular complexity index is 893.